The average molecular weight is 544 g/mol. The molecule has 0 atom stereocenters. The van der Waals surface area contributed by atoms with E-state index >= 15 is 4.39 Å². The van der Waals surface area contributed by atoms with Gasteiger partial charge in [-0.1, -0.05) is 12.1 Å². The summed E-state index contributed by atoms with van der Waals surface area (Å²) in [5.74, 6) is -0.386. The Labute approximate surface area is 233 Å². The van der Waals surface area contributed by atoms with Crippen molar-refractivity contribution in [3.8, 4) is 11.1 Å². The van der Waals surface area contributed by atoms with Crippen LogP contribution >= 0.6 is 11.8 Å². The highest BCUT2D eigenvalue weighted by Gasteiger charge is 2.27. The van der Waals surface area contributed by atoms with Crippen molar-refractivity contribution in [2.75, 3.05) is 44.2 Å². The summed E-state index contributed by atoms with van der Waals surface area (Å²) < 4.78 is 15.4. The minimum Gasteiger partial charge on any atom is -0.367 e. The smallest absolute Gasteiger partial charge is 0.286 e. The molecule has 6 rings (SSSR count). The summed E-state index contributed by atoms with van der Waals surface area (Å²) in [7, 11) is 0. The van der Waals surface area contributed by atoms with Crippen molar-refractivity contribution >= 4 is 45.5 Å². The molecule has 2 saturated heterocycles. The van der Waals surface area contributed by atoms with E-state index in [2.05, 4.69) is 38.5 Å². The Morgan fingerprint density at radius 1 is 0.923 bits per heavy atom. The summed E-state index contributed by atoms with van der Waals surface area (Å²) in [6, 6.07) is 14.0. The topological polar surface area (TPSA) is 52.0 Å². The molecule has 0 radical (unpaired) electrons. The third kappa shape index (κ3) is 5.45. The lowest BCUT2D eigenvalue weighted by Gasteiger charge is -2.38. The van der Waals surface area contributed by atoms with Gasteiger partial charge in [0.2, 0.25) is 0 Å². The number of benzene rings is 2. The van der Waals surface area contributed by atoms with Crippen molar-refractivity contribution in [2.24, 2.45) is 4.99 Å². The lowest BCUT2D eigenvalue weighted by atomic mass is 9.99. The van der Waals surface area contributed by atoms with Crippen LogP contribution in [0, 0.1) is 5.82 Å². The number of rotatable bonds is 4. The molecule has 0 unspecified atom stereocenters. The molecule has 0 bridgehead atoms. The second-order valence-electron chi connectivity index (χ2n) is 10.8. The zero-order chi connectivity index (χ0) is 26.9. The molecule has 3 aliphatic rings. The molecule has 8 heteroatoms. The van der Waals surface area contributed by atoms with E-state index in [0.717, 1.165) is 84.9 Å². The van der Waals surface area contributed by atoms with Gasteiger partial charge in [0.15, 0.2) is 5.17 Å². The van der Waals surface area contributed by atoms with E-state index in [-0.39, 0.29) is 11.7 Å². The van der Waals surface area contributed by atoms with Crippen LogP contribution in [0.25, 0.3) is 28.1 Å². The van der Waals surface area contributed by atoms with E-state index in [4.69, 9.17) is 0 Å². The third-order valence-corrected chi connectivity index (χ3v) is 8.99. The number of carbonyl (C=O) groups excluding carboxylic acids is 1. The molecule has 3 aromatic rings. The highest BCUT2D eigenvalue weighted by molar-refractivity contribution is 8.18. The second kappa shape index (κ2) is 11.1. The standard InChI is InChI=1S/C31H34FN5OS/c1-21(2)35-14-16-36(17-15-35)28-9-7-23(20-26(28)32)24-10-11-33-27-8-6-22(18-25(24)27)19-29-30(38)34-31(39-29)37-12-4-3-5-13-37/h6-11,18-21H,3-5,12-17H2,1-2H3. The van der Waals surface area contributed by atoms with Crippen LogP contribution in [0.15, 0.2) is 58.6 Å². The molecule has 2 fully saturated rings. The number of carbonyl (C=O) groups is 1. The lowest BCUT2D eigenvalue weighted by molar-refractivity contribution is -0.113. The number of amidine groups is 1. The minimum absolute atomic E-state index is 0.182. The van der Waals surface area contributed by atoms with Gasteiger partial charge in [0.25, 0.3) is 5.91 Å². The van der Waals surface area contributed by atoms with Crippen molar-refractivity contribution in [3.05, 3.63) is 64.9 Å². The molecular weight excluding hydrogens is 509 g/mol. The molecule has 4 heterocycles. The first-order valence-corrected chi connectivity index (χ1v) is 14.7. The van der Waals surface area contributed by atoms with E-state index in [0.29, 0.717) is 16.6 Å². The Hall–Kier alpha value is -3.23. The number of hydrogen-bond donors (Lipinski definition) is 0. The van der Waals surface area contributed by atoms with Crippen LogP contribution < -0.4 is 4.90 Å². The van der Waals surface area contributed by atoms with E-state index in [1.54, 1.807) is 12.3 Å². The van der Waals surface area contributed by atoms with E-state index in [9.17, 15) is 4.79 Å². The Kier molecular flexibility index (Phi) is 7.40. The summed E-state index contributed by atoms with van der Waals surface area (Å²) in [5, 5.41) is 1.74. The first kappa shape index (κ1) is 26.0. The molecule has 3 aliphatic heterocycles. The third-order valence-electron chi connectivity index (χ3n) is 7.94. The molecule has 0 aliphatic carbocycles. The van der Waals surface area contributed by atoms with Gasteiger partial charge in [-0.3, -0.25) is 14.7 Å². The minimum atomic E-state index is -0.205. The highest BCUT2D eigenvalue weighted by atomic mass is 32.2. The molecular formula is C31H34FN5OS. The summed E-state index contributed by atoms with van der Waals surface area (Å²) >= 11 is 1.46. The van der Waals surface area contributed by atoms with E-state index in [1.807, 2.05) is 42.5 Å². The fraction of sp³-hybridized carbons (Fsp3) is 0.387. The van der Waals surface area contributed by atoms with Gasteiger partial charge in [-0.2, -0.15) is 4.99 Å². The Balaban J connectivity index is 1.25. The maximum Gasteiger partial charge on any atom is 0.286 e. The van der Waals surface area contributed by atoms with Crippen LogP contribution in [0.3, 0.4) is 0 Å². The number of thioether (sulfide) groups is 1. The molecule has 1 aromatic heterocycles. The van der Waals surface area contributed by atoms with Crippen molar-refractivity contribution in [3.63, 3.8) is 0 Å². The van der Waals surface area contributed by atoms with Gasteiger partial charge in [-0.25, -0.2) is 4.39 Å². The highest BCUT2D eigenvalue weighted by Crippen LogP contribution is 2.34. The molecule has 0 spiro atoms. The average Bonchev–Trinajstić information content (AvgIpc) is 3.33. The Morgan fingerprint density at radius 2 is 1.72 bits per heavy atom. The van der Waals surface area contributed by atoms with Gasteiger partial charge in [0.1, 0.15) is 5.82 Å². The van der Waals surface area contributed by atoms with Gasteiger partial charge in [-0.15, -0.1) is 0 Å². The van der Waals surface area contributed by atoms with Crippen LogP contribution in [0.4, 0.5) is 10.1 Å². The fourth-order valence-corrected chi connectivity index (χ4v) is 6.65. The number of piperidine rings is 1. The molecule has 39 heavy (non-hydrogen) atoms. The van der Waals surface area contributed by atoms with Crippen molar-refractivity contribution < 1.29 is 9.18 Å². The molecule has 1 amide bonds. The van der Waals surface area contributed by atoms with Crippen molar-refractivity contribution in [2.45, 2.75) is 39.2 Å². The first-order chi connectivity index (χ1) is 19.0. The number of anilines is 1. The fourth-order valence-electron chi connectivity index (χ4n) is 5.69. The SMILES string of the molecule is CC(C)N1CCN(c2ccc(-c3ccnc4ccc(C=C5SC(N6CCCCC6)=NC5=O)cc34)cc2F)CC1. The number of piperazine rings is 1. The number of aromatic nitrogens is 1. The second-order valence-corrected chi connectivity index (χ2v) is 11.8. The van der Waals surface area contributed by atoms with E-state index in [1.165, 1.54) is 18.2 Å². The maximum absolute atomic E-state index is 15.4. The predicted octanol–water partition coefficient (Wildman–Crippen LogP) is 6.03. The number of fused-ring (bicyclic) bond motifs is 1. The van der Waals surface area contributed by atoms with Gasteiger partial charge in [0.05, 0.1) is 16.1 Å². The number of aliphatic imine (C=N–C) groups is 1. The molecule has 0 saturated carbocycles. The maximum atomic E-state index is 15.4. The molecule has 202 valence electrons. The molecule has 2 aromatic carbocycles. The summed E-state index contributed by atoms with van der Waals surface area (Å²) in [4.78, 5) is 29.0. The number of halogens is 1. The quantitative estimate of drug-likeness (QED) is 0.375. The number of likely N-dealkylation sites (tertiary alicyclic amines) is 1. The summed E-state index contributed by atoms with van der Waals surface area (Å²) in [5.41, 5.74) is 4.14. The van der Waals surface area contributed by atoms with Crippen molar-refractivity contribution in [1.29, 1.82) is 0 Å². The largest absolute Gasteiger partial charge is 0.367 e. The van der Waals surface area contributed by atoms with Gasteiger partial charge in [-0.05, 0) is 98.0 Å². The Morgan fingerprint density at radius 3 is 2.46 bits per heavy atom. The van der Waals surface area contributed by atoms with E-state index < -0.39 is 0 Å². The summed E-state index contributed by atoms with van der Waals surface area (Å²) in [6.07, 6.45) is 7.19. The zero-order valence-electron chi connectivity index (χ0n) is 22.6. The van der Waals surface area contributed by atoms with Gasteiger partial charge < -0.3 is 9.80 Å². The molecule has 6 nitrogen and oxygen atoms in total. The van der Waals surface area contributed by atoms with Crippen LogP contribution in [0.5, 0.6) is 0 Å². The van der Waals surface area contributed by atoms with Gasteiger partial charge in [0, 0.05) is 56.9 Å². The monoisotopic (exact) mass is 543 g/mol. The van der Waals surface area contributed by atoms with Crippen LogP contribution in [-0.2, 0) is 4.79 Å². The number of amides is 1. The van der Waals surface area contributed by atoms with Gasteiger partial charge >= 0.3 is 0 Å². The number of hydrogen-bond acceptors (Lipinski definition) is 6. The van der Waals surface area contributed by atoms with Crippen LogP contribution in [0.1, 0.15) is 38.7 Å². The lowest BCUT2D eigenvalue weighted by Crippen LogP contribution is -2.49. The molecule has 0 N–H and O–H groups in total. The first-order valence-electron chi connectivity index (χ1n) is 13.9. The van der Waals surface area contributed by atoms with Crippen LogP contribution in [-0.4, -0.2) is 71.2 Å². The Bertz CT molecular complexity index is 1450. The number of nitrogens with zero attached hydrogens (tertiary/aromatic N) is 5. The zero-order valence-corrected chi connectivity index (χ0v) is 23.4. The van der Waals surface area contributed by atoms with Crippen LogP contribution in [0.2, 0.25) is 0 Å². The summed E-state index contributed by atoms with van der Waals surface area (Å²) in [6.45, 7) is 9.86. The number of pyridine rings is 1. The van der Waals surface area contributed by atoms with Crippen molar-refractivity contribution in [1.82, 2.24) is 14.8 Å². The predicted molar refractivity (Wildman–Crippen MR) is 159 cm³/mol. The normalized spacial score (nSPS) is 19.9.